The molecule has 70 valence electrons. The van der Waals surface area contributed by atoms with E-state index in [9.17, 15) is 4.79 Å². The molecule has 2 aliphatic carbocycles. The predicted molar refractivity (Wildman–Crippen MR) is 47.2 cm³/mol. The largest absolute Gasteiger partial charge is 0.481 e. The van der Waals surface area contributed by atoms with Gasteiger partial charge in [-0.05, 0) is 31.1 Å². The fraction of sp³-hybridized carbons (Fsp3) is 0.875. The molecular weight excluding hydrogens is 178 g/mol. The normalized spacial score (nSPS) is 44.1. The first-order valence-electron chi connectivity index (χ1n) is 4.17. The Kier molecular flexibility index (Phi) is 2.64. The van der Waals surface area contributed by atoms with E-state index in [1.54, 1.807) is 0 Å². The number of carboxylic acid groups (broad SMARTS) is 1. The third kappa shape index (κ3) is 1.31. The minimum Gasteiger partial charge on any atom is -0.481 e. The van der Waals surface area contributed by atoms with Crippen molar-refractivity contribution in [2.24, 2.45) is 23.5 Å². The Balaban J connectivity index is 0.000000720. The maximum atomic E-state index is 10.7. The van der Waals surface area contributed by atoms with Crippen LogP contribution in [0.1, 0.15) is 19.3 Å². The van der Waals surface area contributed by atoms with Crippen molar-refractivity contribution >= 4 is 18.4 Å². The number of carboxylic acids is 1. The summed E-state index contributed by atoms with van der Waals surface area (Å²) in [6.45, 7) is 0. The van der Waals surface area contributed by atoms with Crippen LogP contribution < -0.4 is 5.73 Å². The van der Waals surface area contributed by atoms with Crippen LogP contribution in [0.4, 0.5) is 0 Å². The second-order valence-electron chi connectivity index (χ2n) is 3.85. The molecular formula is C8H14ClNO2. The molecule has 2 rings (SSSR count). The molecule has 2 fully saturated rings. The van der Waals surface area contributed by atoms with Crippen LogP contribution in [-0.2, 0) is 4.79 Å². The molecule has 2 aliphatic rings. The van der Waals surface area contributed by atoms with Gasteiger partial charge in [-0.25, -0.2) is 0 Å². The monoisotopic (exact) mass is 191 g/mol. The van der Waals surface area contributed by atoms with Gasteiger partial charge in [0.05, 0.1) is 5.92 Å². The Hall–Kier alpha value is -0.280. The van der Waals surface area contributed by atoms with Crippen LogP contribution in [0.2, 0.25) is 0 Å². The first-order chi connectivity index (χ1) is 5.18. The first kappa shape index (κ1) is 9.81. The molecule has 4 atom stereocenters. The molecule has 4 unspecified atom stereocenters. The van der Waals surface area contributed by atoms with Crippen molar-refractivity contribution in [3.63, 3.8) is 0 Å². The maximum Gasteiger partial charge on any atom is 0.306 e. The van der Waals surface area contributed by atoms with E-state index in [0.29, 0.717) is 5.92 Å². The highest BCUT2D eigenvalue weighted by atomic mass is 35.5. The zero-order valence-corrected chi connectivity index (χ0v) is 7.59. The molecule has 0 amide bonds. The standard InChI is InChI=1S/C8H13NO2.ClH/c9-7-3-4-1-5(7)6(2-4)8(10)11;/h4-7H,1-3,9H2,(H,10,11);1H. The molecule has 0 aromatic rings. The van der Waals surface area contributed by atoms with Crippen molar-refractivity contribution in [2.75, 3.05) is 0 Å². The number of fused-ring (bicyclic) bond motifs is 2. The molecule has 0 heterocycles. The van der Waals surface area contributed by atoms with E-state index in [1.807, 2.05) is 0 Å². The van der Waals surface area contributed by atoms with Crippen molar-refractivity contribution in [3.05, 3.63) is 0 Å². The van der Waals surface area contributed by atoms with E-state index in [4.69, 9.17) is 10.8 Å². The summed E-state index contributed by atoms with van der Waals surface area (Å²) in [4.78, 5) is 10.7. The molecule has 2 saturated carbocycles. The van der Waals surface area contributed by atoms with Gasteiger partial charge in [0, 0.05) is 6.04 Å². The SMILES string of the molecule is Cl.NC1CC2CC(C(=O)O)C1C2. The van der Waals surface area contributed by atoms with Crippen LogP contribution in [0, 0.1) is 17.8 Å². The van der Waals surface area contributed by atoms with Gasteiger partial charge in [0.15, 0.2) is 0 Å². The zero-order chi connectivity index (χ0) is 8.01. The minimum absolute atomic E-state index is 0. The molecule has 0 aliphatic heterocycles. The summed E-state index contributed by atoms with van der Waals surface area (Å²) in [5.74, 6) is 0.102. The number of hydrogen-bond donors (Lipinski definition) is 2. The summed E-state index contributed by atoms with van der Waals surface area (Å²) < 4.78 is 0. The first-order valence-corrected chi connectivity index (χ1v) is 4.17. The average molecular weight is 192 g/mol. The lowest BCUT2D eigenvalue weighted by Crippen LogP contribution is -2.35. The number of nitrogens with two attached hydrogens (primary N) is 1. The van der Waals surface area contributed by atoms with Crippen molar-refractivity contribution in [3.8, 4) is 0 Å². The Bertz CT molecular complexity index is 197. The van der Waals surface area contributed by atoms with E-state index < -0.39 is 5.97 Å². The predicted octanol–water partition coefficient (Wildman–Crippen LogP) is 0.866. The Morgan fingerprint density at radius 1 is 1.33 bits per heavy atom. The fourth-order valence-electron chi connectivity index (χ4n) is 2.69. The Morgan fingerprint density at radius 2 is 2.00 bits per heavy atom. The molecule has 4 heteroatoms. The molecule has 0 saturated heterocycles. The Morgan fingerprint density at radius 3 is 2.33 bits per heavy atom. The third-order valence-corrected chi connectivity index (χ3v) is 3.18. The van der Waals surface area contributed by atoms with Gasteiger partial charge >= 0.3 is 5.97 Å². The highest BCUT2D eigenvalue weighted by Crippen LogP contribution is 2.47. The van der Waals surface area contributed by atoms with E-state index in [0.717, 1.165) is 19.3 Å². The van der Waals surface area contributed by atoms with Gasteiger partial charge in [-0.15, -0.1) is 12.4 Å². The molecule has 3 nitrogen and oxygen atoms in total. The topological polar surface area (TPSA) is 63.3 Å². The fourth-order valence-corrected chi connectivity index (χ4v) is 2.69. The van der Waals surface area contributed by atoms with Gasteiger partial charge in [0.2, 0.25) is 0 Å². The quantitative estimate of drug-likeness (QED) is 0.647. The molecule has 0 spiro atoms. The maximum absolute atomic E-state index is 10.7. The average Bonchev–Trinajstić information content (AvgIpc) is 2.43. The summed E-state index contributed by atoms with van der Waals surface area (Å²) >= 11 is 0. The highest BCUT2D eigenvalue weighted by molar-refractivity contribution is 5.85. The van der Waals surface area contributed by atoms with E-state index >= 15 is 0 Å². The summed E-state index contributed by atoms with van der Waals surface area (Å²) in [5.41, 5.74) is 5.78. The molecule has 0 aromatic carbocycles. The van der Waals surface area contributed by atoms with Crippen LogP contribution in [0.15, 0.2) is 0 Å². The highest BCUT2D eigenvalue weighted by Gasteiger charge is 2.47. The van der Waals surface area contributed by atoms with Crippen LogP contribution in [-0.4, -0.2) is 17.1 Å². The van der Waals surface area contributed by atoms with Gasteiger partial charge in [0.1, 0.15) is 0 Å². The van der Waals surface area contributed by atoms with Gasteiger partial charge in [-0.3, -0.25) is 4.79 Å². The van der Waals surface area contributed by atoms with Crippen molar-refractivity contribution in [1.82, 2.24) is 0 Å². The van der Waals surface area contributed by atoms with Crippen LogP contribution in [0.3, 0.4) is 0 Å². The van der Waals surface area contributed by atoms with Crippen molar-refractivity contribution < 1.29 is 9.90 Å². The second-order valence-corrected chi connectivity index (χ2v) is 3.85. The van der Waals surface area contributed by atoms with E-state index in [1.165, 1.54) is 0 Å². The number of carbonyl (C=O) groups is 1. The third-order valence-electron chi connectivity index (χ3n) is 3.18. The number of halogens is 1. The van der Waals surface area contributed by atoms with Crippen LogP contribution in [0.25, 0.3) is 0 Å². The smallest absolute Gasteiger partial charge is 0.306 e. The second kappa shape index (κ2) is 3.23. The lowest BCUT2D eigenvalue weighted by Gasteiger charge is -2.23. The van der Waals surface area contributed by atoms with E-state index in [2.05, 4.69) is 0 Å². The van der Waals surface area contributed by atoms with Crippen LogP contribution in [0.5, 0.6) is 0 Å². The van der Waals surface area contributed by atoms with Gasteiger partial charge in [-0.2, -0.15) is 0 Å². The molecule has 12 heavy (non-hydrogen) atoms. The van der Waals surface area contributed by atoms with Crippen molar-refractivity contribution in [1.29, 1.82) is 0 Å². The summed E-state index contributed by atoms with van der Waals surface area (Å²) in [7, 11) is 0. The van der Waals surface area contributed by atoms with Gasteiger partial charge < -0.3 is 10.8 Å². The lowest BCUT2D eigenvalue weighted by molar-refractivity contribution is -0.143. The summed E-state index contributed by atoms with van der Waals surface area (Å²) in [5, 5.41) is 8.80. The molecule has 0 radical (unpaired) electrons. The lowest BCUT2D eigenvalue weighted by atomic mass is 9.86. The minimum atomic E-state index is -0.646. The Labute approximate surface area is 77.7 Å². The molecule has 3 N–H and O–H groups in total. The molecule has 2 bridgehead atoms. The summed E-state index contributed by atoms with van der Waals surface area (Å²) in [6, 6.07) is 0.162. The van der Waals surface area contributed by atoms with Gasteiger partial charge in [-0.1, -0.05) is 0 Å². The van der Waals surface area contributed by atoms with Crippen molar-refractivity contribution in [2.45, 2.75) is 25.3 Å². The summed E-state index contributed by atoms with van der Waals surface area (Å²) in [6.07, 6.45) is 2.97. The van der Waals surface area contributed by atoms with Crippen LogP contribution >= 0.6 is 12.4 Å². The number of hydrogen-bond acceptors (Lipinski definition) is 2. The van der Waals surface area contributed by atoms with Gasteiger partial charge in [0.25, 0.3) is 0 Å². The number of rotatable bonds is 1. The zero-order valence-electron chi connectivity index (χ0n) is 6.77. The number of aliphatic carboxylic acids is 1. The molecule has 0 aromatic heterocycles. The van der Waals surface area contributed by atoms with E-state index in [-0.39, 0.29) is 30.3 Å².